The number of nitrogens with zero attached hydrogens (tertiary/aromatic N) is 2. The number of hydrogen-bond donors (Lipinski definition) is 2. The third-order valence-electron chi connectivity index (χ3n) is 6.29. The number of hydrazine groups is 1. The Morgan fingerprint density at radius 3 is 2.17 bits per heavy atom. The molecule has 0 saturated heterocycles. The van der Waals surface area contributed by atoms with Crippen LogP contribution in [0.2, 0.25) is 0 Å². The van der Waals surface area contributed by atoms with Gasteiger partial charge in [-0.1, -0.05) is 61.9 Å². The Labute approximate surface area is 242 Å². The number of hydrogen-bond acceptors (Lipinski definition) is 8. The average molecular weight is 567 g/mol. The Morgan fingerprint density at radius 2 is 1.56 bits per heavy atom. The van der Waals surface area contributed by atoms with Gasteiger partial charge in [0.1, 0.15) is 24.6 Å². The molecule has 0 bridgehead atoms. The number of aliphatic imine (C=N–C) groups is 1. The number of alkyl carbamates (subject to hydrolysis) is 1. The number of nitrogens with one attached hydrogen (secondary N) is 2. The zero-order valence-electron chi connectivity index (χ0n) is 24.7. The molecule has 3 rings (SSSR count). The van der Waals surface area contributed by atoms with Crippen LogP contribution in [0, 0.1) is 0 Å². The van der Waals surface area contributed by atoms with E-state index in [2.05, 4.69) is 40.0 Å². The van der Waals surface area contributed by atoms with Crippen molar-refractivity contribution in [2.75, 3.05) is 32.8 Å². The predicted octanol–water partition coefficient (Wildman–Crippen LogP) is 5.42. The summed E-state index contributed by atoms with van der Waals surface area (Å²) in [5.74, 6) is -0.103. The molecule has 0 atom stereocenters. The first-order chi connectivity index (χ1) is 19.6. The van der Waals surface area contributed by atoms with Crippen molar-refractivity contribution in [3.63, 3.8) is 0 Å². The molecule has 0 spiro atoms. The van der Waals surface area contributed by atoms with E-state index in [9.17, 15) is 14.4 Å². The number of rotatable bonds is 12. The van der Waals surface area contributed by atoms with E-state index in [-0.39, 0.29) is 19.1 Å². The number of unbranched alkanes of at least 4 members (excludes halogenated alkanes) is 1. The number of fused-ring (bicyclic) bond motifs is 3. The first-order valence-electron chi connectivity index (χ1n) is 14.1. The molecular formula is C31H42N4O6. The van der Waals surface area contributed by atoms with Gasteiger partial charge in [-0.2, -0.15) is 0 Å². The minimum absolute atomic E-state index is 0.0737. The highest BCUT2D eigenvalue weighted by Crippen LogP contribution is 2.44. The van der Waals surface area contributed by atoms with E-state index in [4.69, 9.17) is 14.2 Å². The van der Waals surface area contributed by atoms with E-state index in [1.54, 1.807) is 27.7 Å². The minimum Gasteiger partial charge on any atom is -0.465 e. The Morgan fingerprint density at radius 1 is 0.927 bits per heavy atom. The second kappa shape index (κ2) is 15.2. The van der Waals surface area contributed by atoms with Crippen molar-refractivity contribution in [2.24, 2.45) is 4.99 Å². The number of amides is 2. The summed E-state index contributed by atoms with van der Waals surface area (Å²) in [6.45, 7) is 10.1. The van der Waals surface area contributed by atoms with Gasteiger partial charge in [0, 0.05) is 19.0 Å². The highest BCUT2D eigenvalue weighted by atomic mass is 16.6. The van der Waals surface area contributed by atoms with Crippen molar-refractivity contribution < 1.29 is 28.6 Å². The smallest absolute Gasteiger partial charge is 0.421 e. The molecule has 41 heavy (non-hydrogen) atoms. The summed E-state index contributed by atoms with van der Waals surface area (Å²) in [6, 6.07) is 16.2. The van der Waals surface area contributed by atoms with Gasteiger partial charge < -0.3 is 14.2 Å². The van der Waals surface area contributed by atoms with Gasteiger partial charge in [0.2, 0.25) is 0 Å². The predicted molar refractivity (Wildman–Crippen MR) is 158 cm³/mol. The van der Waals surface area contributed by atoms with E-state index >= 15 is 0 Å². The van der Waals surface area contributed by atoms with Crippen LogP contribution in [0.15, 0.2) is 53.5 Å². The summed E-state index contributed by atoms with van der Waals surface area (Å²) < 4.78 is 16.2. The van der Waals surface area contributed by atoms with Crippen LogP contribution in [0.25, 0.3) is 11.1 Å². The third kappa shape index (κ3) is 10.2. The second-order valence-electron chi connectivity index (χ2n) is 10.9. The average Bonchev–Trinajstić information content (AvgIpc) is 3.22. The fraction of sp³-hybridized carbons (Fsp3) is 0.484. The number of carbonyl (C=O) groups is 3. The van der Waals surface area contributed by atoms with Crippen molar-refractivity contribution in [2.45, 2.75) is 65.4 Å². The van der Waals surface area contributed by atoms with Gasteiger partial charge >= 0.3 is 18.2 Å². The summed E-state index contributed by atoms with van der Waals surface area (Å²) in [5.41, 5.74) is 6.60. The van der Waals surface area contributed by atoms with Crippen molar-refractivity contribution in [1.82, 2.24) is 15.8 Å². The Bertz CT molecular complexity index is 1180. The summed E-state index contributed by atoms with van der Waals surface area (Å²) in [6.07, 6.45) is 0.944. The van der Waals surface area contributed by atoms with E-state index < -0.39 is 23.8 Å². The van der Waals surface area contributed by atoms with Crippen LogP contribution in [-0.2, 0) is 19.0 Å². The van der Waals surface area contributed by atoms with E-state index in [1.165, 1.54) is 5.01 Å². The fourth-order valence-corrected chi connectivity index (χ4v) is 4.47. The monoisotopic (exact) mass is 566 g/mol. The van der Waals surface area contributed by atoms with Gasteiger partial charge in [-0.3, -0.25) is 20.5 Å². The zero-order chi connectivity index (χ0) is 29.8. The quantitative estimate of drug-likeness (QED) is 0.0880. The number of benzene rings is 2. The van der Waals surface area contributed by atoms with Crippen molar-refractivity contribution in [3.05, 3.63) is 59.7 Å². The van der Waals surface area contributed by atoms with Gasteiger partial charge in [-0.05, 0) is 62.8 Å². The molecule has 2 N–H and O–H groups in total. The zero-order valence-corrected chi connectivity index (χ0v) is 24.7. The molecule has 1 aliphatic rings. The van der Waals surface area contributed by atoms with E-state index in [1.807, 2.05) is 31.2 Å². The van der Waals surface area contributed by atoms with Gasteiger partial charge in [-0.15, -0.1) is 0 Å². The number of amidine groups is 1. The van der Waals surface area contributed by atoms with E-state index in [0.717, 1.165) is 35.1 Å². The molecular weight excluding hydrogens is 524 g/mol. The molecule has 0 unspecified atom stereocenters. The molecule has 0 saturated carbocycles. The maximum atomic E-state index is 12.8. The highest BCUT2D eigenvalue weighted by molar-refractivity contribution is 5.93. The molecule has 2 aromatic rings. The molecule has 0 fully saturated rings. The minimum atomic E-state index is -0.653. The lowest BCUT2D eigenvalue weighted by atomic mass is 9.98. The Hall–Kier alpha value is -3.92. The lowest BCUT2D eigenvalue weighted by Gasteiger charge is -2.22. The van der Waals surface area contributed by atoms with Crippen LogP contribution in [0.1, 0.15) is 70.9 Å². The molecule has 2 amide bonds. The van der Waals surface area contributed by atoms with Crippen LogP contribution in [0.3, 0.4) is 0 Å². The summed E-state index contributed by atoms with van der Waals surface area (Å²) >= 11 is 0. The number of ether oxygens (including phenoxy) is 3. The Kier molecular flexibility index (Phi) is 11.7. The molecule has 1 aliphatic carbocycles. The number of carbonyl (C=O) groups excluding carboxylic acids is 3. The maximum absolute atomic E-state index is 12.8. The van der Waals surface area contributed by atoms with Crippen LogP contribution < -0.4 is 10.7 Å². The largest absolute Gasteiger partial charge is 0.465 e. The van der Waals surface area contributed by atoms with Crippen LogP contribution in [-0.4, -0.2) is 67.4 Å². The summed E-state index contributed by atoms with van der Waals surface area (Å²) in [5, 5.41) is 4.06. The van der Waals surface area contributed by atoms with Crippen molar-refractivity contribution in [3.8, 4) is 11.1 Å². The molecule has 0 radical (unpaired) electrons. The molecule has 0 aliphatic heterocycles. The SMILES string of the molecule is CCCCOC(=O)CN(CCCN=C(C)NC(=O)OC(C)(C)C)NC(=O)OCC1c2ccccc2-c2ccccc21. The van der Waals surface area contributed by atoms with Crippen LogP contribution in [0.4, 0.5) is 9.59 Å². The van der Waals surface area contributed by atoms with Crippen molar-refractivity contribution >= 4 is 24.0 Å². The van der Waals surface area contributed by atoms with Crippen molar-refractivity contribution in [1.29, 1.82) is 0 Å². The van der Waals surface area contributed by atoms with E-state index in [0.29, 0.717) is 32.0 Å². The van der Waals surface area contributed by atoms with Gasteiger partial charge in [-0.25, -0.2) is 14.6 Å². The summed E-state index contributed by atoms with van der Waals surface area (Å²) in [7, 11) is 0. The lowest BCUT2D eigenvalue weighted by molar-refractivity contribution is -0.145. The summed E-state index contributed by atoms with van der Waals surface area (Å²) in [4.78, 5) is 41.5. The van der Waals surface area contributed by atoms with Crippen LogP contribution >= 0.6 is 0 Å². The maximum Gasteiger partial charge on any atom is 0.421 e. The molecule has 10 heteroatoms. The van der Waals surface area contributed by atoms with Gasteiger partial charge in [0.15, 0.2) is 0 Å². The molecule has 0 heterocycles. The first kappa shape index (κ1) is 31.6. The fourth-order valence-electron chi connectivity index (χ4n) is 4.47. The lowest BCUT2D eigenvalue weighted by Crippen LogP contribution is -2.46. The third-order valence-corrected chi connectivity index (χ3v) is 6.29. The second-order valence-corrected chi connectivity index (χ2v) is 10.9. The molecule has 10 nitrogen and oxygen atoms in total. The molecule has 0 aromatic heterocycles. The highest BCUT2D eigenvalue weighted by Gasteiger charge is 2.29. The molecule has 222 valence electrons. The standard InChI is InChI=1S/C31H42N4O6/c1-6-7-19-39-28(36)20-35(18-12-17-32-22(2)33-29(37)41-31(3,4)5)34-30(38)40-21-27-25-15-10-8-13-23(25)24-14-9-11-16-26(24)27/h8-11,13-16,27H,6-7,12,17-21H2,1-5H3,(H,34,38)(H,32,33,37). The Balaban J connectivity index is 1.55. The van der Waals surface area contributed by atoms with Gasteiger partial charge in [0.25, 0.3) is 0 Å². The number of esters is 1. The molecule has 2 aromatic carbocycles. The van der Waals surface area contributed by atoms with Gasteiger partial charge in [0.05, 0.1) is 6.61 Å². The normalized spacial score (nSPS) is 12.9. The topological polar surface area (TPSA) is 119 Å². The first-order valence-corrected chi connectivity index (χ1v) is 14.1. The van der Waals surface area contributed by atoms with Crippen LogP contribution in [0.5, 0.6) is 0 Å².